The lowest BCUT2D eigenvalue weighted by molar-refractivity contribution is -0.123. The van der Waals surface area contributed by atoms with Crippen molar-refractivity contribution in [1.29, 1.82) is 0 Å². The zero-order chi connectivity index (χ0) is 33.2. The zero-order valence-electron chi connectivity index (χ0n) is 27.3. The number of anilines is 1. The van der Waals surface area contributed by atoms with Gasteiger partial charge >= 0.3 is 0 Å². The smallest absolute Gasteiger partial charge is 0.228 e. The van der Waals surface area contributed by atoms with Crippen LogP contribution in [0.15, 0.2) is 83.7 Å². The molecular weight excluding hydrogens is 604 g/mol. The normalized spacial score (nSPS) is 16.5. The van der Waals surface area contributed by atoms with Crippen LogP contribution >= 0.6 is 0 Å². The molecule has 0 N–H and O–H groups in total. The molecule has 0 bridgehead atoms. The van der Waals surface area contributed by atoms with Gasteiger partial charge in [-0.2, -0.15) is 5.10 Å². The quantitative estimate of drug-likeness (QED) is 0.129. The third-order valence-corrected chi connectivity index (χ3v) is 8.69. The summed E-state index contributed by atoms with van der Waals surface area (Å²) < 4.78 is 42.5. The molecule has 0 saturated carbocycles. The first-order valence-corrected chi connectivity index (χ1v) is 16.1. The van der Waals surface area contributed by atoms with Gasteiger partial charge in [0.25, 0.3) is 0 Å². The Balaban J connectivity index is 1.09. The molecule has 2 aromatic carbocycles. The Morgan fingerprint density at radius 3 is 2.43 bits per heavy atom. The van der Waals surface area contributed by atoms with Crippen LogP contribution in [0.25, 0.3) is 0 Å². The van der Waals surface area contributed by atoms with Crippen molar-refractivity contribution in [3.05, 3.63) is 95.9 Å². The van der Waals surface area contributed by atoms with Crippen LogP contribution in [0, 0.1) is 11.6 Å². The monoisotopic (exact) mass is 647 g/mol. The van der Waals surface area contributed by atoms with E-state index in [1.165, 1.54) is 24.2 Å². The average Bonchev–Trinajstić information content (AvgIpc) is 3.60. The van der Waals surface area contributed by atoms with Crippen molar-refractivity contribution in [3.63, 3.8) is 0 Å². The van der Waals surface area contributed by atoms with Crippen molar-refractivity contribution in [2.75, 3.05) is 51.3 Å². The van der Waals surface area contributed by atoms with E-state index in [0.717, 1.165) is 62.2 Å². The number of ether oxygens (including phenoxy) is 2. The Labute approximate surface area is 275 Å². The molecule has 250 valence electrons. The summed E-state index contributed by atoms with van der Waals surface area (Å²) >= 11 is 0. The van der Waals surface area contributed by atoms with Crippen LogP contribution in [-0.2, 0) is 21.7 Å². The maximum atomic E-state index is 14.9. The van der Waals surface area contributed by atoms with Crippen LogP contribution in [-0.4, -0.2) is 83.3 Å². The van der Waals surface area contributed by atoms with Crippen molar-refractivity contribution >= 4 is 17.9 Å². The van der Waals surface area contributed by atoms with Crippen LogP contribution in [0.1, 0.15) is 45.1 Å². The van der Waals surface area contributed by atoms with Gasteiger partial charge in [-0.25, -0.2) is 18.4 Å². The molecule has 12 heteroatoms. The number of amides is 1. The van der Waals surface area contributed by atoms with Gasteiger partial charge in [0.2, 0.25) is 5.91 Å². The molecule has 1 atom stereocenters. The van der Waals surface area contributed by atoms with Gasteiger partial charge in [0, 0.05) is 75.3 Å². The summed E-state index contributed by atoms with van der Waals surface area (Å²) in [6.45, 7) is 8.13. The van der Waals surface area contributed by atoms with Gasteiger partial charge in [-0.05, 0) is 61.7 Å². The van der Waals surface area contributed by atoms with E-state index >= 15 is 0 Å². The Kier molecular flexibility index (Phi) is 11.4. The van der Waals surface area contributed by atoms with Crippen molar-refractivity contribution < 1.29 is 23.0 Å². The lowest BCUT2D eigenvalue weighted by atomic mass is 9.90. The topological polar surface area (TPSA) is 88.3 Å². The van der Waals surface area contributed by atoms with E-state index in [1.807, 2.05) is 25.1 Å². The molecule has 1 amide bonds. The van der Waals surface area contributed by atoms with Gasteiger partial charge in [0.15, 0.2) is 0 Å². The third kappa shape index (κ3) is 8.42. The summed E-state index contributed by atoms with van der Waals surface area (Å²) in [4.78, 5) is 26.4. The third-order valence-electron chi connectivity index (χ3n) is 8.69. The van der Waals surface area contributed by atoms with Gasteiger partial charge < -0.3 is 19.3 Å². The molecule has 47 heavy (non-hydrogen) atoms. The van der Waals surface area contributed by atoms with Crippen LogP contribution in [0.2, 0.25) is 0 Å². The van der Waals surface area contributed by atoms with Gasteiger partial charge in [-0.3, -0.25) is 14.7 Å². The zero-order valence-corrected chi connectivity index (χ0v) is 27.3. The number of allylic oxidation sites excluding steroid dienone is 4. The maximum Gasteiger partial charge on any atom is 0.228 e. The Hall–Kier alpha value is -4.58. The summed E-state index contributed by atoms with van der Waals surface area (Å²) in [6, 6.07) is 11.7. The molecule has 0 spiro atoms. The molecule has 2 heterocycles. The number of halogens is 2. The standard InChI is InChI=1S/C35H43F2N7O3/c1-4-35(23-43-26-39-24-40-43,33-15-6-28(36)22-34(33)37)47-21-5-20-46-32-13-11-30(12-14-32)42-18-16-41(17-19-42)29-7-9-31(10-8-29)44(25-38-3)27(2)45/h6-7,9,11-15,22,24-26H,4-5,8,10,16-21,23H2,1-3H3/t35-/m0/s1. The highest BCUT2D eigenvalue weighted by Crippen LogP contribution is 2.34. The number of aliphatic imine (C=N–C) groups is 1. The van der Waals surface area contributed by atoms with E-state index in [0.29, 0.717) is 26.1 Å². The lowest BCUT2D eigenvalue weighted by Crippen LogP contribution is -2.46. The number of hydrogen-bond acceptors (Lipinski definition) is 8. The number of hydrogen-bond donors (Lipinski definition) is 0. The summed E-state index contributed by atoms with van der Waals surface area (Å²) in [5.41, 5.74) is 2.67. The first kappa shape index (κ1) is 33.8. The van der Waals surface area contributed by atoms with Crippen molar-refractivity contribution in [3.8, 4) is 5.75 Å². The van der Waals surface area contributed by atoms with Gasteiger partial charge in [0.05, 0.1) is 26.1 Å². The fourth-order valence-corrected chi connectivity index (χ4v) is 6.12. The highest BCUT2D eigenvalue weighted by Gasteiger charge is 2.35. The molecule has 0 radical (unpaired) electrons. The predicted molar refractivity (Wildman–Crippen MR) is 177 cm³/mol. The second-order valence-corrected chi connectivity index (χ2v) is 11.7. The van der Waals surface area contributed by atoms with Crippen LogP contribution in [0.4, 0.5) is 14.5 Å². The molecule has 3 aromatic rings. The van der Waals surface area contributed by atoms with E-state index in [4.69, 9.17) is 9.47 Å². The largest absolute Gasteiger partial charge is 0.494 e. The second kappa shape index (κ2) is 15.8. The minimum atomic E-state index is -1.04. The first-order chi connectivity index (χ1) is 22.8. The van der Waals surface area contributed by atoms with Crippen molar-refractivity contribution in [2.45, 2.75) is 51.7 Å². The predicted octanol–water partition coefficient (Wildman–Crippen LogP) is 5.54. The molecule has 1 aliphatic heterocycles. The summed E-state index contributed by atoms with van der Waals surface area (Å²) in [6.07, 6.45) is 11.5. The number of aromatic nitrogens is 3. The number of carbonyl (C=O) groups is 1. The highest BCUT2D eigenvalue weighted by atomic mass is 19.1. The second-order valence-electron chi connectivity index (χ2n) is 11.7. The van der Waals surface area contributed by atoms with Crippen LogP contribution in [0.3, 0.4) is 0 Å². The lowest BCUT2D eigenvalue weighted by Gasteiger charge is -2.39. The molecule has 10 nitrogen and oxygen atoms in total. The minimum absolute atomic E-state index is 0.0347. The van der Waals surface area contributed by atoms with Crippen molar-refractivity contribution in [1.82, 2.24) is 24.6 Å². The van der Waals surface area contributed by atoms with Crippen LogP contribution < -0.4 is 9.64 Å². The average molecular weight is 648 g/mol. The Bertz CT molecular complexity index is 1570. The molecule has 1 aromatic heterocycles. The van der Waals surface area contributed by atoms with E-state index in [9.17, 15) is 13.6 Å². The summed E-state index contributed by atoms with van der Waals surface area (Å²) in [5.74, 6) is -0.552. The summed E-state index contributed by atoms with van der Waals surface area (Å²) in [7, 11) is 1.67. The molecule has 1 fully saturated rings. The number of carbonyl (C=O) groups excluding carboxylic acids is 1. The first-order valence-electron chi connectivity index (χ1n) is 16.1. The number of rotatable bonds is 14. The Morgan fingerprint density at radius 2 is 1.81 bits per heavy atom. The highest BCUT2D eigenvalue weighted by molar-refractivity contribution is 5.88. The molecule has 2 aliphatic rings. The molecule has 0 unspecified atom stereocenters. The minimum Gasteiger partial charge on any atom is -0.494 e. The van der Waals surface area contributed by atoms with Crippen LogP contribution in [0.5, 0.6) is 5.75 Å². The van der Waals surface area contributed by atoms with Gasteiger partial charge in [-0.15, -0.1) is 0 Å². The molecule has 5 rings (SSSR count). The number of nitrogens with zero attached hydrogens (tertiary/aromatic N) is 7. The van der Waals surface area contributed by atoms with E-state index in [1.54, 1.807) is 36.2 Å². The SMILES string of the molecule is CC[C@@](Cn1cncn1)(OCCCOc1ccc(N2CCN(C3=CC=C(N(C=NC)C(C)=O)CC3)CC2)cc1)c1ccc(F)cc1F. The molecular formula is C35H43F2N7O3. The number of benzene rings is 2. The summed E-state index contributed by atoms with van der Waals surface area (Å²) in [5, 5.41) is 4.17. The molecule has 1 aliphatic carbocycles. The number of piperazine rings is 1. The van der Waals surface area contributed by atoms with Crippen molar-refractivity contribution in [2.24, 2.45) is 4.99 Å². The Morgan fingerprint density at radius 1 is 1.04 bits per heavy atom. The maximum absolute atomic E-state index is 14.9. The fraction of sp³-hybridized carbons (Fsp3) is 0.429. The van der Waals surface area contributed by atoms with Gasteiger partial charge in [-0.1, -0.05) is 13.0 Å². The molecule has 1 saturated heterocycles. The fourth-order valence-electron chi connectivity index (χ4n) is 6.12. The van der Waals surface area contributed by atoms with E-state index in [-0.39, 0.29) is 18.0 Å². The van der Waals surface area contributed by atoms with E-state index in [2.05, 4.69) is 43.1 Å². The van der Waals surface area contributed by atoms with E-state index < -0.39 is 17.2 Å². The van der Waals surface area contributed by atoms with Gasteiger partial charge in [0.1, 0.15) is 35.6 Å².